The maximum absolute atomic E-state index is 9.67. The van der Waals surface area contributed by atoms with Gasteiger partial charge in [0.15, 0.2) is 0 Å². The number of rotatable bonds is 8. The fraction of sp³-hybridized carbons (Fsp3) is 0.833. The zero-order valence-electron chi connectivity index (χ0n) is 19.0. The van der Waals surface area contributed by atoms with Crippen LogP contribution in [0, 0.1) is 17.9 Å². The van der Waals surface area contributed by atoms with Crippen LogP contribution < -0.4 is 0 Å². The lowest BCUT2D eigenvalue weighted by Crippen LogP contribution is -2.48. The molecule has 0 amide bonds. The SMILES string of the molecule is [C-]#[N+]C(C#N)=C(N(CC)CCCN1CCCCC1)N1CCC(N2CCCCC2)CC1. The van der Waals surface area contributed by atoms with E-state index in [0.29, 0.717) is 6.04 Å². The van der Waals surface area contributed by atoms with E-state index in [1.54, 1.807) is 0 Å². The molecule has 3 heterocycles. The van der Waals surface area contributed by atoms with Gasteiger partial charge in [0.2, 0.25) is 0 Å². The molecule has 6 nitrogen and oxygen atoms in total. The van der Waals surface area contributed by atoms with Crippen LogP contribution >= 0.6 is 0 Å². The highest BCUT2D eigenvalue weighted by molar-refractivity contribution is 5.32. The smallest absolute Gasteiger partial charge is 0.300 e. The predicted molar refractivity (Wildman–Crippen MR) is 121 cm³/mol. The lowest BCUT2D eigenvalue weighted by Gasteiger charge is -2.44. The fourth-order valence-electron chi connectivity index (χ4n) is 5.43. The van der Waals surface area contributed by atoms with Crippen molar-refractivity contribution < 1.29 is 0 Å². The van der Waals surface area contributed by atoms with Crippen molar-refractivity contribution in [2.75, 3.05) is 58.9 Å². The van der Waals surface area contributed by atoms with Crippen molar-refractivity contribution >= 4 is 0 Å². The summed E-state index contributed by atoms with van der Waals surface area (Å²) in [6, 6.07) is 2.88. The summed E-state index contributed by atoms with van der Waals surface area (Å²) >= 11 is 0. The summed E-state index contributed by atoms with van der Waals surface area (Å²) in [4.78, 5) is 13.5. The number of allylic oxidation sites excluding steroid dienone is 1. The highest BCUT2D eigenvalue weighted by Crippen LogP contribution is 2.26. The van der Waals surface area contributed by atoms with Gasteiger partial charge in [-0.2, -0.15) is 0 Å². The molecule has 0 aromatic carbocycles. The Morgan fingerprint density at radius 3 is 2.20 bits per heavy atom. The molecule has 0 N–H and O–H groups in total. The van der Waals surface area contributed by atoms with Crippen LogP contribution in [0.3, 0.4) is 0 Å². The summed E-state index contributed by atoms with van der Waals surface area (Å²) in [6.07, 6.45) is 11.5. The van der Waals surface area contributed by atoms with E-state index in [2.05, 4.69) is 37.4 Å². The summed E-state index contributed by atoms with van der Waals surface area (Å²) < 4.78 is 0. The normalized spacial score (nSPS) is 22.8. The minimum Gasteiger partial charge on any atom is -0.367 e. The Kier molecular flexibility index (Phi) is 9.30. The summed E-state index contributed by atoms with van der Waals surface area (Å²) in [5.41, 5.74) is 0.270. The molecule has 0 unspecified atom stereocenters. The van der Waals surface area contributed by atoms with Crippen molar-refractivity contribution in [1.29, 1.82) is 5.26 Å². The first-order valence-electron chi connectivity index (χ1n) is 12.2. The molecule has 3 fully saturated rings. The molecule has 0 atom stereocenters. The molecule has 30 heavy (non-hydrogen) atoms. The molecule has 166 valence electrons. The lowest BCUT2D eigenvalue weighted by atomic mass is 9.99. The molecular formula is C24H40N6. The van der Waals surface area contributed by atoms with Crippen LogP contribution in [0.25, 0.3) is 4.85 Å². The monoisotopic (exact) mass is 412 g/mol. The quantitative estimate of drug-likeness (QED) is 0.449. The van der Waals surface area contributed by atoms with Gasteiger partial charge in [0, 0.05) is 32.2 Å². The summed E-state index contributed by atoms with van der Waals surface area (Å²) in [6.45, 7) is 19.5. The maximum Gasteiger partial charge on any atom is 0.300 e. The standard InChI is InChI=1S/C24H40N6/c1-3-28(18-10-15-27-13-6-4-7-14-27)24(23(21-25)26-2)30-19-11-22(12-20-30)29-16-8-5-9-17-29/h22H,3-20H2,1H3. The van der Waals surface area contributed by atoms with Crippen molar-refractivity contribution in [3.63, 3.8) is 0 Å². The van der Waals surface area contributed by atoms with Gasteiger partial charge in [-0.1, -0.05) is 12.8 Å². The van der Waals surface area contributed by atoms with Gasteiger partial charge in [-0.15, -0.1) is 0 Å². The molecular weight excluding hydrogens is 372 g/mol. The van der Waals surface area contributed by atoms with Gasteiger partial charge in [0.05, 0.1) is 12.6 Å². The summed E-state index contributed by atoms with van der Waals surface area (Å²) in [5.74, 6) is 0.894. The molecule has 0 aromatic heterocycles. The first-order chi connectivity index (χ1) is 14.8. The van der Waals surface area contributed by atoms with E-state index < -0.39 is 0 Å². The molecule has 3 saturated heterocycles. The molecule has 0 saturated carbocycles. The zero-order valence-corrected chi connectivity index (χ0v) is 19.0. The third-order valence-corrected chi connectivity index (χ3v) is 7.13. The average molecular weight is 413 g/mol. The van der Waals surface area contributed by atoms with Gasteiger partial charge < -0.3 is 19.6 Å². The Balaban J connectivity index is 1.60. The fourth-order valence-corrected chi connectivity index (χ4v) is 5.43. The number of hydrogen-bond acceptors (Lipinski definition) is 5. The summed E-state index contributed by atoms with van der Waals surface area (Å²) in [5, 5.41) is 9.67. The van der Waals surface area contributed by atoms with Crippen molar-refractivity contribution in [3.05, 3.63) is 22.9 Å². The summed E-state index contributed by atoms with van der Waals surface area (Å²) in [7, 11) is 0. The van der Waals surface area contributed by atoms with E-state index in [1.807, 2.05) is 0 Å². The van der Waals surface area contributed by atoms with E-state index in [4.69, 9.17) is 6.57 Å². The molecule has 3 aliphatic heterocycles. The number of piperidine rings is 3. The minimum absolute atomic E-state index is 0.270. The van der Waals surface area contributed by atoms with Crippen molar-refractivity contribution in [3.8, 4) is 6.07 Å². The topological polar surface area (TPSA) is 41.1 Å². The Morgan fingerprint density at radius 1 is 1.00 bits per heavy atom. The van der Waals surface area contributed by atoms with Gasteiger partial charge in [0.1, 0.15) is 5.82 Å². The number of nitriles is 1. The van der Waals surface area contributed by atoms with Crippen molar-refractivity contribution in [2.24, 2.45) is 0 Å². The second-order valence-corrected chi connectivity index (χ2v) is 9.05. The van der Waals surface area contributed by atoms with E-state index in [-0.39, 0.29) is 5.70 Å². The molecule has 3 rings (SSSR count). The van der Waals surface area contributed by atoms with E-state index in [0.717, 1.165) is 57.8 Å². The highest BCUT2D eigenvalue weighted by atomic mass is 15.3. The highest BCUT2D eigenvalue weighted by Gasteiger charge is 2.29. The van der Waals surface area contributed by atoms with Gasteiger partial charge in [-0.05, 0) is 84.6 Å². The van der Waals surface area contributed by atoms with Crippen molar-refractivity contribution in [1.82, 2.24) is 19.6 Å². The molecule has 0 aliphatic carbocycles. The Morgan fingerprint density at radius 2 is 1.63 bits per heavy atom. The average Bonchev–Trinajstić information content (AvgIpc) is 2.82. The van der Waals surface area contributed by atoms with Crippen LogP contribution in [0.1, 0.15) is 64.7 Å². The van der Waals surface area contributed by atoms with E-state index in [1.165, 1.54) is 64.7 Å². The largest absolute Gasteiger partial charge is 0.367 e. The second kappa shape index (κ2) is 12.2. The van der Waals surface area contributed by atoms with E-state index in [9.17, 15) is 5.26 Å². The Labute approximate surface area is 183 Å². The van der Waals surface area contributed by atoms with Crippen LogP contribution in [0.5, 0.6) is 0 Å². The third kappa shape index (κ3) is 6.13. The minimum atomic E-state index is 0.270. The molecule has 6 heteroatoms. The maximum atomic E-state index is 9.67. The molecule has 0 spiro atoms. The molecule has 0 bridgehead atoms. The predicted octanol–water partition coefficient (Wildman–Crippen LogP) is 3.75. The van der Waals surface area contributed by atoms with Crippen LogP contribution in [0.4, 0.5) is 0 Å². The van der Waals surface area contributed by atoms with Crippen molar-refractivity contribution in [2.45, 2.75) is 70.8 Å². The van der Waals surface area contributed by atoms with E-state index >= 15 is 0 Å². The van der Waals surface area contributed by atoms with Gasteiger partial charge >= 0.3 is 5.70 Å². The zero-order chi connectivity index (χ0) is 21.2. The van der Waals surface area contributed by atoms with Crippen LogP contribution in [0.15, 0.2) is 11.5 Å². The molecule has 3 aliphatic rings. The number of likely N-dealkylation sites (tertiary alicyclic amines) is 3. The Hall–Kier alpha value is -1.76. The first kappa shape index (κ1) is 22.9. The van der Waals surface area contributed by atoms with Gasteiger partial charge in [0.25, 0.3) is 0 Å². The third-order valence-electron chi connectivity index (χ3n) is 7.13. The first-order valence-corrected chi connectivity index (χ1v) is 12.2. The number of nitrogens with zero attached hydrogens (tertiary/aromatic N) is 6. The van der Waals surface area contributed by atoms with Crippen LogP contribution in [-0.4, -0.2) is 84.5 Å². The molecule has 0 radical (unpaired) electrons. The van der Waals surface area contributed by atoms with Crippen LogP contribution in [-0.2, 0) is 0 Å². The molecule has 0 aromatic rings. The van der Waals surface area contributed by atoms with Gasteiger partial charge in [-0.3, -0.25) is 0 Å². The van der Waals surface area contributed by atoms with Gasteiger partial charge in [-0.25, -0.2) is 10.1 Å². The number of hydrogen-bond donors (Lipinski definition) is 0. The second-order valence-electron chi connectivity index (χ2n) is 9.05. The van der Waals surface area contributed by atoms with Crippen LogP contribution in [0.2, 0.25) is 0 Å². The Bertz CT molecular complexity index is 602. The lowest BCUT2D eigenvalue weighted by molar-refractivity contribution is 0.0887.